The molecule has 0 fully saturated rings. The average Bonchev–Trinajstić information content (AvgIpc) is 2.63. The Balaban J connectivity index is 2.45. The molecule has 0 amide bonds. The Morgan fingerprint density at radius 3 is 2.81 bits per heavy atom. The van der Waals surface area contributed by atoms with Gasteiger partial charge in [-0.25, -0.2) is 9.97 Å². The van der Waals surface area contributed by atoms with E-state index < -0.39 is 0 Å². The van der Waals surface area contributed by atoms with Gasteiger partial charge in [0.1, 0.15) is 6.33 Å². The van der Waals surface area contributed by atoms with Gasteiger partial charge in [0.05, 0.1) is 28.1 Å². The zero-order valence-corrected chi connectivity index (χ0v) is 10.6. The van der Waals surface area contributed by atoms with Gasteiger partial charge in [0.15, 0.2) is 0 Å². The van der Waals surface area contributed by atoms with Crippen LogP contribution < -0.4 is 5.32 Å². The smallest absolute Gasteiger partial charge is 0.115 e. The van der Waals surface area contributed by atoms with Crippen molar-refractivity contribution < 1.29 is 0 Å². The quantitative estimate of drug-likeness (QED) is 0.921. The highest BCUT2D eigenvalue weighted by atomic mass is 79.9. The number of hydrogen-bond acceptors (Lipinski definition) is 4. The SMILES string of the molecule is CNC(c1ccncn1)c1c(Br)cnn1C. The normalized spacial score (nSPS) is 12.7. The minimum Gasteiger partial charge on any atom is -0.307 e. The Kier molecular flexibility index (Phi) is 3.31. The van der Waals surface area contributed by atoms with E-state index in [2.05, 4.69) is 36.3 Å². The first-order chi connectivity index (χ1) is 7.74. The van der Waals surface area contributed by atoms with Crippen molar-refractivity contribution in [3.8, 4) is 0 Å². The van der Waals surface area contributed by atoms with E-state index in [9.17, 15) is 0 Å². The molecule has 2 aromatic rings. The Morgan fingerprint density at radius 1 is 1.50 bits per heavy atom. The number of aryl methyl sites for hydroxylation is 1. The summed E-state index contributed by atoms with van der Waals surface area (Å²) in [6.45, 7) is 0. The Bertz CT molecular complexity index is 448. The van der Waals surface area contributed by atoms with Gasteiger partial charge >= 0.3 is 0 Å². The van der Waals surface area contributed by atoms with Crippen LogP contribution in [0.4, 0.5) is 0 Å². The maximum atomic E-state index is 4.25. The molecule has 0 aromatic carbocycles. The standard InChI is InChI=1S/C10H12BrN5/c1-12-9(8-3-4-13-6-14-8)10-7(11)5-15-16(10)2/h3-6,9,12H,1-2H3. The summed E-state index contributed by atoms with van der Waals surface area (Å²) in [5.41, 5.74) is 1.96. The summed E-state index contributed by atoms with van der Waals surface area (Å²) < 4.78 is 2.79. The second kappa shape index (κ2) is 4.71. The average molecular weight is 282 g/mol. The van der Waals surface area contributed by atoms with Gasteiger partial charge in [-0.2, -0.15) is 5.10 Å². The minimum absolute atomic E-state index is 0.00451. The number of halogens is 1. The van der Waals surface area contributed by atoms with Gasteiger partial charge < -0.3 is 5.32 Å². The van der Waals surface area contributed by atoms with Gasteiger partial charge in [0, 0.05) is 13.2 Å². The molecule has 2 rings (SSSR count). The van der Waals surface area contributed by atoms with Crippen LogP contribution in [0, 0.1) is 0 Å². The zero-order chi connectivity index (χ0) is 11.5. The van der Waals surface area contributed by atoms with Crippen molar-refractivity contribution in [1.29, 1.82) is 0 Å². The molecule has 2 heterocycles. The summed E-state index contributed by atoms with van der Waals surface area (Å²) in [4.78, 5) is 8.17. The van der Waals surface area contributed by atoms with Gasteiger partial charge in [-0.15, -0.1) is 0 Å². The zero-order valence-electron chi connectivity index (χ0n) is 9.05. The van der Waals surface area contributed by atoms with Gasteiger partial charge in [0.25, 0.3) is 0 Å². The lowest BCUT2D eigenvalue weighted by atomic mass is 10.1. The first kappa shape index (κ1) is 11.2. The van der Waals surface area contributed by atoms with E-state index in [1.54, 1.807) is 18.7 Å². The lowest BCUT2D eigenvalue weighted by Crippen LogP contribution is -2.22. The van der Waals surface area contributed by atoms with Crippen LogP contribution in [0.15, 0.2) is 29.3 Å². The molecule has 0 spiro atoms. The molecular formula is C10H12BrN5. The molecule has 1 N–H and O–H groups in total. The van der Waals surface area contributed by atoms with Gasteiger partial charge in [-0.3, -0.25) is 4.68 Å². The van der Waals surface area contributed by atoms with E-state index in [1.807, 2.05) is 24.8 Å². The minimum atomic E-state index is 0.00451. The predicted molar refractivity (Wildman–Crippen MR) is 63.8 cm³/mol. The van der Waals surface area contributed by atoms with Gasteiger partial charge in [-0.05, 0) is 29.0 Å². The molecule has 0 saturated heterocycles. The van der Waals surface area contributed by atoms with Crippen LogP contribution in [0.25, 0.3) is 0 Å². The molecule has 6 heteroatoms. The second-order valence-corrected chi connectivity index (χ2v) is 4.21. The molecule has 0 radical (unpaired) electrons. The topological polar surface area (TPSA) is 55.6 Å². The van der Waals surface area contributed by atoms with Crippen molar-refractivity contribution in [2.24, 2.45) is 7.05 Å². The fraction of sp³-hybridized carbons (Fsp3) is 0.300. The predicted octanol–water partition coefficient (Wildman–Crippen LogP) is 1.28. The fourth-order valence-electron chi connectivity index (χ4n) is 1.64. The number of rotatable bonds is 3. The molecule has 0 aliphatic rings. The summed E-state index contributed by atoms with van der Waals surface area (Å²) in [6.07, 6.45) is 5.06. The van der Waals surface area contributed by atoms with E-state index in [-0.39, 0.29) is 6.04 Å². The van der Waals surface area contributed by atoms with E-state index in [0.717, 1.165) is 15.9 Å². The Hall–Kier alpha value is -1.27. The fourth-order valence-corrected chi connectivity index (χ4v) is 2.22. The van der Waals surface area contributed by atoms with Crippen molar-refractivity contribution in [2.75, 3.05) is 7.05 Å². The molecule has 0 aliphatic heterocycles. The van der Waals surface area contributed by atoms with Crippen molar-refractivity contribution in [3.05, 3.63) is 40.6 Å². The monoisotopic (exact) mass is 281 g/mol. The van der Waals surface area contributed by atoms with E-state index in [0.29, 0.717) is 0 Å². The van der Waals surface area contributed by atoms with Crippen LogP contribution >= 0.6 is 15.9 Å². The summed E-state index contributed by atoms with van der Waals surface area (Å²) in [5, 5.41) is 7.42. The van der Waals surface area contributed by atoms with Crippen molar-refractivity contribution in [1.82, 2.24) is 25.1 Å². The van der Waals surface area contributed by atoms with Gasteiger partial charge in [-0.1, -0.05) is 0 Å². The molecule has 0 saturated carbocycles. The third kappa shape index (κ3) is 1.98. The first-order valence-corrected chi connectivity index (χ1v) is 5.64. The molecule has 1 atom stereocenters. The lowest BCUT2D eigenvalue weighted by Gasteiger charge is -2.16. The van der Waals surface area contributed by atoms with Crippen molar-refractivity contribution >= 4 is 15.9 Å². The van der Waals surface area contributed by atoms with Crippen molar-refractivity contribution in [2.45, 2.75) is 6.04 Å². The molecular weight excluding hydrogens is 270 g/mol. The van der Waals surface area contributed by atoms with Gasteiger partial charge in [0.2, 0.25) is 0 Å². The van der Waals surface area contributed by atoms with E-state index in [4.69, 9.17) is 0 Å². The van der Waals surface area contributed by atoms with Crippen molar-refractivity contribution in [3.63, 3.8) is 0 Å². The molecule has 5 nitrogen and oxygen atoms in total. The van der Waals surface area contributed by atoms with Crippen LogP contribution in [0.5, 0.6) is 0 Å². The summed E-state index contributed by atoms with van der Waals surface area (Å²) >= 11 is 3.49. The molecule has 0 aliphatic carbocycles. The third-order valence-electron chi connectivity index (χ3n) is 2.40. The molecule has 16 heavy (non-hydrogen) atoms. The summed E-state index contributed by atoms with van der Waals surface area (Å²) in [6, 6.07) is 1.89. The molecule has 1 unspecified atom stereocenters. The Morgan fingerprint density at radius 2 is 2.31 bits per heavy atom. The van der Waals surface area contributed by atoms with Crippen LogP contribution in [0.1, 0.15) is 17.4 Å². The van der Waals surface area contributed by atoms with E-state index >= 15 is 0 Å². The molecule has 84 valence electrons. The lowest BCUT2D eigenvalue weighted by molar-refractivity contribution is 0.591. The highest BCUT2D eigenvalue weighted by Gasteiger charge is 2.19. The van der Waals surface area contributed by atoms with Crippen LogP contribution in [0.2, 0.25) is 0 Å². The van der Waals surface area contributed by atoms with Crippen LogP contribution in [-0.4, -0.2) is 26.8 Å². The number of aromatic nitrogens is 4. The maximum absolute atomic E-state index is 4.25. The molecule has 2 aromatic heterocycles. The number of nitrogens with zero attached hydrogens (tertiary/aromatic N) is 4. The third-order valence-corrected chi connectivity index (χ3v) is 3.01. The number of hydrogen-bond donors (Lipinski definition) is 1. The van der Waals surface area contributed by atoms with E-state index in [1.165, 1.54) is 0 Å². The highest BCUT2D eigenvalue weighted by Crippen LogP contribution is 2.26. The Labute approximate surface area is 102 Å². The maximum Gasteiger partial charge on any atom is 0.115 e. The second-order valence-electron chi connectivity index (χ2n) is 3.36. The first-order valence-electron chi connectivity index (χ1n) is 4.84. The summed E-state index contributed by atoms with van der Waals surface area (Å²) in [5.74, 6) is 0. The number of nitrogens with one attached hydrogen (secondary N) is 1. The van der Waals surface area contributed by atoms with Crippen LogP contribution in [0.3, 0.4) is 0 Å². The molecule has 0 bridgehead atoms. The summed E-state index contributed by atoms with van der Waals surface area (Å²) in [7, 11) is 3.80. The largest absolute Gasteiger partial charge is 0.307 e. The van der Waals surface area contributed by atoms with Crippen LogP contribution in [-0.2, 0) is 7.05 Å². The highest BCUT2D eigenvalue weighted by molar-refractivity contribution is 9.10.